The number of carbonyl (C=O) groups excluding carboxylic acids is 1. The van der Waals surface area contributed by atoms with Gasteiger partial charge in [-0.15, -0.1) is 5.10 Å². The molecule has 0 spiro atoms. The van der Waals surface area contributed by atoms with E-state index in [-0.39, 0.29) is 5.78 Å². The topological polar surface area (TPSA) is 47.8 Å². The minimum absolute atomic E-state index is 0.0133. The number of nitrogens with zero attached hydrogens (tertiary/aromatic N) is 3. The molecule has 0 aliphatic rings. The van der Waals surface area contributed by atoms with Crippen molar-refractivity contribution >= 4 is 21.7 Å². The van der Waals surface area contributed by atoms with Crippen LogP contribution in [0.5, 0.6) is 0 Å². The summed E-state index contributed by atoms with van der Waals surface area (Å²) >= 11 is 3.42. The van der Waals surface area contributed by atoms with E-state index in [4.69, 9.17) is 0 Å². The van der Waals surface area contributed by atoms with Gasteiger partial charge in [-0.25, -0.2) is 4.68 Å². The molecule has 1 aromatic carbocycles. The second-order valence-electron chi connectivity index (χ2n) is 3.43. The Kier molecular flexibility index (Phi) is 3.14. The van der Waals surface area contributed by atoms with E-state index < -0.39 is 0 Å². The molecular weight excluding hydrogens is 270 g/mol. The summed E-state index contributed by atoms with van der Waals surface area (Å²) in [5.41, 5.74) is 1.49. The molecule has 2 aromatic rings. The van der Waals surface area contributed by atoms with Crippen molar-refractivity contribution in [2.24, 2.45) is 7.05 Å². The van der Waals surface area contributed by atoms with Crippen molar-refractivity contribution in [3.63, 3.8) is 0 Å². The first-order valence-electron chi connectivity index (χ1n) is 4.80. The van der Waals surface area contributed by atoms with E-state index in [0.717, 1.165) is 10.0 Å². The maximum Gasteiger partial charge on any atom is 0.186 e. The van der Waals surface area contributed by atoms with E-state index in [0.29, 0.717) is 12.1 Å². The summed E-state index contributed by atoms with van der Waals surface area (Å²) in [5.74, 6) is 0.0133. The zero-order valence-electron chi connectivity index (χ0n) is 8.72. The van der Waals surface area contributed by atoms with Gasteiger partial charge >= 0.3 is 0 Å². The van der Waals surface area contributed by atoms with Crippen LogP contribution in [0.25, 0.3) is 0 Å². The second-order valence-corrected chi connectivity index (χ2v) is 4.29. The number of hydrogen-bond donors (Lipinski definition) is 0. The monoisotopic (exact) mass is 279 g/mol. The van der Waals surface area contributed by atoms with Gasteiger partial charge < -0.3 is 0 Å². The molecule has 0 bridgehead atoms. The summed E-state index contributed by atoms with van der Waals surface area (Å²) in [5, 5.41) is 7.42. The SMILES string of the molecule is Cn1nncc1C(=O)Cc1ccccc1Br. The van der Waals surface area contributed by atoms with Crippen molar-refractivity contribution in [3.05, 3.63) is 46.2 Å². The average Bonchev–Trinajstić information content (AvgIpc) is 2.68. The lowest BCUT2D eigenvalue weighted by Crippen LogP contribution is -2.09. The molecule has 1 heterocycles. The maximum absolute atomic E-state index is 11.9. The van der Waals surface area contributed by atoms with Crippen molar-refractivity contribution in [1.29, 1.82) is 0 Å². The first kappa shape index (κ1) is 11.0. The molecule has 0 N–H and O–H groups in total. The molecular formula is C11H10BrN3O. The highest BCUT2D eigenvalue weighted by Gasteiger charge is 2.12. The zero-order chi connectivity index (χ0) is 11.5. The number of benzene rings is 1. The summed E-state index contributed by atoms with van der Waals surface area (Å²) in [7, 11) is 1.71. The van der Waals surface area contributed by atoms with Crippen molar-refractivity contribution in [2.75, 3.05) is 0 Å². The van der Waals surface area contributed by atoms with E-state index in [1.165, 1.54) is 10.9 Å². The largest absolute Gasteiger partial charge is 0.292 e. The Morgan fingerprint density at radius 2 is 2.19 bits per heavy atom. The van der Waals surface area contributed by atoms with Gasteiger partial charge in [-0.05, 0) is 11.6 Å². The number of halogens is 1. The molecule has 0 aliphatic carbocycles. The van der Waals surface area contributed by atoms with Gasteiger partial charge in [0, 0.05) is 17.9 Å². The minimum Gasteiger partial charge on any atom is -0.292 e. The summed E-state index contributed by atoms with van der Waals surface area (Å²) in [6.45, 7) is 0. The van der Waals surface area contributed by atoms with Crippen LogP contribution in [-0.2, 0) is 13.5 Å². The van der Waals surface area contributed by atoms with Crippen molar-refractivity contribution in [3.8, 4) is 0 Å². The first-order valence-corrected chi connectivity index (χ1v) is 5.59. The molecule has 16 heavy (non-hydrogen) atoms. The number of rotatable bonds is 3. The fourth-order valence-corrected chi connectivity index (χ4v) is 1.87. The van der Waals surface area contributed by atoms with Gasteiger partial charge in [0.15, 0.2) is 5.78 Å². The normalized spacial score (nSPS) is 10.4. The predicted molar refractivity (Wildman–Crippen MR) is 63.2 cm³/mol. The lowest BCUT2D eigenvalue weighted by molar-refractivity contribution is 0.0984. The molecule has 0 amide bonds. The van der Waals surface area contributed by atoms with Gasteiger partial charge in [0.2, 0.25) is 0 Å². The van der Waals surface area contributed by atoms with Crippen LogP contribution < -0.4 is 0 Å². The Balaban J connectivity index is 2.21. The molecule has 0 fully saturated rings. The van der Waals surface area contributed by atoms with E-state index >= 15 is 0 Å². The van der Waals surface area contributed by atoms with Crippen LogP contribution in [0.4, 0.5) is 0 Å². The number of carbonyl (C=O) groups is 1. The second kappa shape index (κ2) is 4.57. The van der Waals surface area contributed by atoms with E-state index in [9.17, 15) is 4.79 Å². The molecule has 0 saturated heterocycles. The van der Waals surface area contributed by atoms with Gasteiger partial charge in [0.05, 0.1) is 6.20 Å². The summed E-state index contributed by atoms with van der Waals surface area (Å²) in [4.78, 5) is 11.9. The van der Waals surface area contributed by atoms with Crippen LogP contribution in [0.2, 0.25) is 0 Å². The van der Waals surface area contributed by atoms with Crippen LogP contribution in [0, 0.1) is 0 Å². The third kappa shape index (κ3) is 2.19. The highest BCUT2D eigenvalue weighted by Crippen LogP contribution is 2.17. The van der Waals surface area contributed by atoms with Crippen molar-refractivity contribution in [1.82, 2.24) is 15.0 Å². The molecule has 1 aromatic heterocycles. The highest BCUT2D eigenvalue weighted by molar-refractivity contribution is 9.10. The van der Waals surface area contributed by atoms with Gasteiger partial charge in [0.1, 0.15) is 5.69 Å². The summed E-state index contributed by atoms with van der Waals surface area (Å²) in [6, 6.07) is 7.68. The predicted octanol–water partition coefficient (Wildman–Crippen LogP) is 2.00. The molecule has 0 aliphatic heterocycles. The number of aryl methyl sites for hydroxylation is 1. The summed E-state index contributed by atoms with van der Waals surface area (Å²) < 4.78 is 2.43. The van der Waals surface area contributed by atoms with Crippen LogP contribution in [0.3, 0.4) is 0 Å². The fraction of sp³-hybridized carbons (Fsp3) is 0.182. The minimum atomic E-state index is 0.0133. The molecule has 0 unspecified atom stereocenters. The van der Waals surface area contributed by atoms with E-state index in [2.05, 4.69) is 26.2 Å². The Hall–Kier alpha value is -1.49. The van der Waals surface area contributed by atoms with Gasteiger partial charge in [-0.3, -0.25) is 4.79 Å². The smallest absolute Gasteiger partial charge is 0.186 e. The maximum atomic E-state index is 11.9. The lowest BCUT2D eigenvalue weighted by Gasteiger charge is -2.03. The Morgan fingerprint density at radius 3 is 2.81 bits per heavy atom. The standard InChI is InChI=1S/C11H10BrN3O/c1-15-10(7-13-14-15)11(16)6-8-4-2-3-5-9(8)12/h2-5,7H,6H2,1H3. The molecule has 0 radical (unpaired) electrons. The van der Waals surface area contributed by atoms with Crippen LogP contribution in [0.1, 0.15) is 16.1 Å². The van der Waals surface area contributed by atoms with Gasteiger partial charge in [0.25, 0.3) is 0 Å². The van der Waals surface area contributed by atoms with Crippen molar-refractivity contribution in [2.45, 2.75) is 6.42 Å². The Labute approximate surface area is 101 Å². The zero-order valence-corrected chi connectivity index (χ0v) is 10.3. The molecule has 0 atom stereocenters. The van der Waals surface area contributed by atoms with Gasteiger partial charge in [-0.1, -0.05) is 39.3 Å². The lowest BCUT2D eigenvalue weighted by atomic mass is 10.1. The number of ketones is 1. The number of hydrogen-bond acceptors (Lipinski definition) is 3. The fourth-order valence-electron chi connectivity index (χ4n) is 1.45. The first-order chi connectivity index (χ1) is 7.68. The van der Waals surface area contributed by atoms with Crippen LogP contribution in [-0.4, -0.2) is 20.8 Å². The highest BCUT2D eigenvalue weighted by atomic mass is 79.9. The number of Topliss-reactive ketones (excluding diaryl/α,β-unsaturated/α-hetero) is 1. The molecule has 2 rings (SSSR count). The van der Waals surface area contributed by atoms with E-state index in [1.807, 2.05) is 24.3 Å². The average molecular weight is 280 g/mol. The molecule has 0 saturated carbocycles. The number of aromatic nitrogens is 3. The molecule has 4 nitrogen and oxygen atoms in total. The van der Waals surface area contributed by atoms with Crippen molar-refractivity contribution < 1.29 is 4.79 Å². The van der Waals surface area contributed by atoms with Crippen LogP contribution in [0.15, 0.2) is 34.9 Å². The third-order valence-corrected chi connectivity index (χ3v) is 3.08. The molecule has 82 valence electrons. The van der Waals surface area contributed by atoms with Gasteiger partial charge in [-0.2, -0.15) is 0 Å². The Bertz CT molecular complexity index is 521. The third-order valence-electron chi connectivity index (χ3n) is 2.31. The van der Waals surface area contributed by atoms with Crippen LogP contribution >= 0.6 is 15.9 Å². The molecule has 5 heteroatoms. The quantitative estimate of drug-likeness (QED) is 0.808. The van der Waals surface area contributed by atoms with E-state index in [1.54, 1.807) is 7.05 Å². The summed E-state index contributed by atoms with van der Waals surface area (Å²) in [6.07, 6.45) is 1.84. The Morgan fingerprint density at radius 1 is 1.44 bits per heavy atom.